The summed E-state index contributed by atoms with van der Waals surface area (Å²) in [5.41, 5.74) is 5.83. The van der Waals surface area contributed by atoms with E-state index in [0.29, 0.717) is 59.8 Å². The van der Waals surface area contributed by atoms with Crippen LogP contribution >= 0.6 is 11.6 Å². The van der Waals surface area contributed by atoms with E-state index < -0.39 is 10.8 Å². The minimum absolute atomic E-state index is 0.141. The summed E-state index contributed by atoms with van der Waals surface area (Å²) in [7, 11) is -0.744. The number of H-pyrrole nitrogens is 2. The van der Waals surface area contributed by atoms with Gasteiger partial charge in [-0.1, -0.05) is 23.7 Å². The molecule has 226 valence electrons. The number of hydrogen-bond acceptors (Lipinski definition) is 7. The number of hydrogen-bond donors (Lipinski definition) is 3. The fourth-order valence-corrected chi connectivity index (χ4v) is 7.15. The lowest BCUT2D eigenvalue weighted by Gasteiger charge is -2.37. The first-order chi connectivity index (χ1) is 20.8. The molecule has 2 saturated heterocycles. The van der Waals surface area contributed by atoms with Gasteiger partial charge in [-0.05, 0) is 54.8 Å². The molecule has 2 aliphatic heterocycles. The molecular weight excluding hydrogens is 586 g/mol. The van der Waals surface area contributed by atoms with Crippen LogP contribution in [0.15, 0.2) is 53.5 Å². The van der Waals surface area contributed by atoms with Gasteiger partial charge >= 0.3 is 0 Å². The monoisotopic (exact) mass is 621 g/mol. The molecule has 4 aromatic rings. The topological polar surface area (TPSA) is 117 Å². The Kier molecular flexibility index (Phi) is 8.83. The van der Waals surface area contributed by atoms with Gasteiger partial charge in [0.15, 0.2) is 0 Å². The lowest BCUT2D eigenvalue weighted by Crippen LogP contribution is -2.52. The van der Waals surface area contributed by atoms with Gasteiger partial charge in [-0.25, -0.2) is 4.98 Å². The fraction of sp³-hybridized carbons (Fsp3) is 0.387. The number of nitrogens with one attached hydrogen (secondary N) is 3. The molecule has 0 aliphatic carbocycles. The van der Waals surface area contributed by atoms with Crippen LogP contribution in [-0.4, -0.2) is 98.7 Å². The Morgan fingerprint density at radius 3 is 2.63 bits per heavy atom. The van der Waals surface area contributed by atoms with Gasteiger partial charge in [-0.2, -0.15) is 0 Å². The maximum atomic E-state index is 13.0. The molecule has 0 bridgehead atoms. The maximum absolute atomic E-state index is 13.0. The third kappa shape index (κ3) is 6.79. The molecule has 0 radical (unpaired) electrons. The zero-order valence-corrected chi connectivity index (χ0v) is 25.8. The summed E-state index contributed by atoms with van der Waals surface area (Å²) in [6.07, 6.45) is 2.40. The van der Waals surface area contributed by atoms with Crippen LogP contribution in [0.5, 0.6) is 0 Å². The summed E-state index contributed by atoms with van der Waals surface area (Å²) >= 11 is 6.13. The molecule has 10 nitrogen and oxygen atoms in total. The predicted octanol–water partition coefficient (Wildman–Crippen LogP) is 3.25. The Morgan fingerprint density at radius 2 is 1.86 bits per heavy atom. The van der Waals surface area contributed by atoms with Crippen LogP contribution in [-0.2, 0) is 22.0 Å². The number of aryl methyl sites for hydroxylation is 1. The number of imidazole rings is 1. The van der Waals surface area contributed by atoms with Crippen LogP contribution in [0.3, 0.4) is 0 Å². The van der Waals surface area contributed by atoms with Crippen molar-refractivity contribution in [2.75, 3.05) is 74.1 Å². The Morgan fingerprint density at radius 1 is 1.07 bits per heavy atom. The van der Waals surface area contributed by atoms with Crippen molar-refractivity contribution in [3.63, 3.8) is 0 Å². The van der Waals surface area contributed by atoms with Gasteiger partial charge in [-0.15, -0.1) is 0 Å². The highest BCUT2D eigenvalue weighted by molar-refractivity contribution is 7.85. The van der Waals surface area contributed by atoms with E-state index in [1.807, 2.05) is 42.2 Å². The quantitative estimate of drug-likeness (QED) is 0.277. The van der Waals surface area contributed by atoms with Gasteiger partial charge in [0.1, 0.15) is 11.4 Å². The van der Waals surface area contributed by atoms with Gasteiger partial charge in [0.05, 0.1) is 23.3 Å². The Hall–Kier alpha value is -3.67. The van der Waals surface area contributed by atoms with E-state index in [1.54, 1.807) is 6.20 Å². The molecule has 43 heavy (non-hydrogen) atoms. The van der Waals surface area contributed by atoms with Crippen LogP contribution in [0.1, 0.15) is 11.1 Å². The van der Waals surface area contributed by atoms with Gasteiger partial charge < -0.3 is 25.1 Å². The molecular formula is C31H36ClN7O3S. The molecule has 0 spiro atoms. The minimum Gasteiger partial charge on any atom is -0.384 e. The number of halogens is 1. The smallest absolute Gasteiger partial charge is 0.261 e. The number of amides is 1. The number of carbonyl (C=O) groups is 1. The molecule has 2 aromatic heterocycles. The molecule has 0 atom stereocenters. The molecule has 3 N–H and O–H groups in total. The van der Waals surface area contributed by atoms with Crippen molar-refractivity contribution in [2.45, 2.75) is 13.3 Å². The van der Waals surface area contributed by atoms with Gasteiger partial charge in [0.25, 0.3) is 5.56 Å². The molecule has 0 unspecified atom stereocenters. The van der Waals surface area contributed by atoms with Crippen molar-refractivity contribution < 1.29 is 9.00 Å². The number of nitrogens with zero attached hydrogens (tertiary/aromatic N) is 4. The normalized spacial score (nSPS) is 16.6. The molecule has 12 heteroatoms. The minimum atomic E-state index is -0.744. The van der Waals surface area contributed by atoms with Crippen LogP contribution in [0, 0.1) is 6.92 Å². The van der Waals surface area contributed by atoms with E-state index in [2.05, 4.69) is 37.2 Å². The second kappa shape index (κ2) is 12.9. The molecule has 2 fully saturated rings. The molecule has 6 rings (SSSR count). The third-order valence-corrected chi connectivity index (χ3v) is 9.72. The van der Waals surface area contributed by atoms with Crippen LogP contribution < -0.4 is 15.8 Å². The van der Waals surface area contributed by atoms with Crippen molar-refractivity contribution in [1.82, 2.24) is 24.8 Å². The highest BCUT2D eigenvalue weighted by atomic mass is 35.5. The molecule has 4 heterocycles. The second-order valence-electron chi connectivity index (χ2n) is 11.1. The summed E-state index contributed by atoms with van der Waals surface area (Å²) in [6.45, 7) is 7.30. The molecule has 0 saturated carbocycles. The number of pyridine rings is 1. The standard InChI is InChI=1S/C31H36ClN7O3S/c1-21-17-24(38-9-11-39(12-10-38)27(40)20-37-13-15-43(42)16-14-37)19-26-29(21)36-30(35-26)28-25(6-8-34-31(28)41)33-7-5-22-3-2-4-23(32)18-22/h2-4,6,8,17-19H,5,7,9-16,20H2,1H3,(H,35,36)(H2,33,34,41). The number of benzene rings is 2. The number of aromatic nitrogens is 3. The van der Waals surface area contributed by atoms with Crippen molar-refractivity contribution >= 4 is 50.7 Å². The van der Waals surface area contributed by atoms with E-state index in [9.17, 15) is 13.8 Å². The number of anilines is 2. The van der Waals surface area contributed by atoms with Crippen molar-refractivity contribution in [2.24, 2.45) is 0 Å². The van der Waals surface area contributed by atoms with E-state index in [4.69, 9.17) is 16.6 Å². The van der Waals surface area contributed by atoms with E-state index >= 15 is 0 Å². The Balaban J connectivity index is 1.14. The average Bonchev–Trinajstić information content (AvgIpc) is 3.43. The van der Waals surface area contributed by atoms with Crippen molar-refractivity contribution in [3.8, 4) is 11.4 Å². The predicted molar refractivity (Wildman–Crippen MR) is 174 cm³/mol. The number of rotatable bonds is 8. The molecule has 2 aliphatic rings. The highest BCUT2D eigenvalue weighted by Gasteiger charge is 2.25. The summed E-state index contributed by atoms with van der Waals surface area (Å²) in [5, 5.41) is 4.11. The summed E-state index contributed by atoms with van der Waals surface area (Å²) in [6, 6.07) is 13.8. The van der Waals surface area contributed by atoms with Crippen molar-refractivity contribution in [3.05, 3.63) is 75.2 Å². The summed E-state index contributed by atoms with van der Waals surface area (Å²) in [4.78, 5) is 43.3. The third-order valence-electron chi connectivity index (χ3n) is 8.20. The molecule has 1 amide bonds. The number of carbonyl (C=O) groups excluding carboxylic acids is 1. The second-order valence-corrected chi connectivity index (χ2v) is 13.3. The van der Waals surface area contributed by atoms with E-state index in [-0.39, 0.29) is 11.5 Å². The Labute approximate surface area is 257 Å². The SMILES string of the molecule is Cc1cc(N2CCN(C(=O)CN3CCS(=O)CC3)CC2)cc2[nH]c(-c3c(NCCc4cccc(Cl)c4)cc[nH]c3=O)nc12. The van der Waals surface area contributed by atoms with Crippen LogP contribution in [0.2, 0.25) is 5.02 Å². The van der Waals surface area contributed by atoms with Gasteiger partial charge in [-0.3, -0.25) is 18.7 Å². The van der Waals surface area contributed by atoms with Crippen LogP contribution in [0.25, 0.3) is 22.4 Å². The van der Waals surface area contributed by atoms with Crippen molar-refractivity contribution in [1.29, 1.82) is 0 Å². The lowest BCUT2D eigenvalue weighted by molar-refractivity contribution is -0.132. The number of fused-ring (bicyclic) bond motifs is 1. The van der Waals surface area contributed by atoms with Gasteiger partial charge in [0.2, 0.25) is 5.91 Å². The summed E-state index contributed by atoms with van der Waals surface area (Å²) in [5.74, 6) is 1.96. The maximum Gasteiger partial charge on any atom is 0.261 e. The average molecular weight is 622 g/mol. The zero-order chi connectivity index (χ0) is 29.9. The first-order valence-electron chi connectivity index (χ1n) is 14.6. The van der Waals surface area contributed by atoms with Crippen LogP contribution in [0.4, 0.5) is 11.4 Å². The largest absolute Gasteiger partial charge is 0.384 e. The van der Waals surface area contributed by atoms with E-state index in [0.717, 1.165) is 60.4 Å². The fourth-order valence-electron chi connectivity index (χ4n) is 5.81. The molecule has 2 aromatic carbocycles. The first-order valence-corrected chi connectivity index (χ1v) is 16.5. The number of piperazine rings is 1. The Bertz CT molecular complexity index is 1700. The lowest BCUT2D eigenvalue weighted by atomic mass is 10.1. The number of aromatic amines is 2. The highest BCUT2D eigenvalue weighted by Crippen LogP contribution is 2.29. The zero-order valence-electron chi connectivity index (χ0n) is 24.2. The summed E-state index contributed by atoms with van der Waals surface area (Å²) < 4.78 is 11.6. The van der Waals surface area contributed by atoms with Gasteiger partial charge in [0, 0.05) is 85.0 Å². The van der Waals surface area contributed by atoms with E-state index in [1.165, 1.54) is 0 Å². The first kappa shape index (κ1) is 29.4.